The predicted octanol–water partition coefficient (Wildman–Crippen LogP) is 6.11. The standard InChI is InChI=1S/C40H50FN5O6/c41-30-10-8-9-28(21-30)38(45-40(50)52-36-26-46-18-15-27(36)16-19-46)29-22-31(24-43-23-29)51-20-7-5-3-1-2-4-6-17-42-25-35(48)32-11-13-34(47)39-33(32)12-14-37(49)44-39/h8-14,21-24,27,35-36,38,42,47-48H,1-7,15-20,25-26H2,(H,44,49)(H,45,50). The normalized spacial score (nSPS) is 19.3. The molecule has 278 valence electrons. The lowest BCUT2D eigenvalue weighted by Crippen LogP contribution is -2.52. The Balaban J connectivity index is 0.873. The number of rotatable bonds is 18. The number of nitrogens with zero attached hydrogens (tertiary/aromatic N) is 2. The monoisotopic (exact) mass is 715 g/mol. The van der Waals surface area contributed by atoms with Gasteiger partial charge in [-0.1, -0.05) is 50.3 Å². The molecule has 2 aromatic carbocycles. The third kappa shape index (κ3) is 10.1. The lowest BCUT2D eigenvalue weighted by Gasteiger charge is -2.43. The zero-order valence-corrected chi connectivity index (χ0v) is 29.6. The van der Waals surface area contributed by atoms with Crippen LogP contribution in [-0.4, -0.2) is 76.6 Å². The smallest absolute Gasteiger partial charge is 0.408 e. The number of aromatic hydroxyl groups is 1. The molecular formula is C40H50FN5O6. The van der Waals surface area contributed by atoms with Crippen LogP contribution in [0.4, 0.5) is 9.18 Å². The van der Waals surface area contributed by atoms with E-state index in [2.05, 4.69) is 25.5 Å². The van der Waals surface area contributed by atoms with Crippen molar-refractivity contribution in [2.24, 2.45) is 5.92 Å². The van der Waals surface area contributed by atoms with Gasteiger partial charge in [0.15, 0.2) is 0 Å². The number of aliphatic hydroxyl groups excluding tert-OH is 1. The van der Waals surface area contributed by atoms with Crippen molar-refractivity contribution < 1.29 is 28.9 Å². The molecule has 3 saturated heterocycles. The minimum Gasteiger partial charge on any atom is -0.506 e. The SMILES string of the molecule is O=C(NC(c1cccc(F)c1)c1cncc(OCCCCCCCCCNCC(O)c2ccc(O)c3[nH]c(=O)ccc23)c1)OC1CN2CCC1CC2. The molecule has 11 nitrogen and oxygen atoms in total. The highest BCUT2D eigenvalue weighted by Gasteiger charge is 2.37. The summed E-state index contributed by atoms with van der Waals surface area (Å²) in [6, 6.07) is 13.6. The molecule has 5 N–H and O–H groups in total. The first-order valence-electron chi connectivity index (χ1n) is 18.6. The van der Waals surface area contributed by atoms with Crippen molar-refractivity contribution in [3.05, 3.63) is 99.9 Å². The second-order valence-corrected chi connectivity index (χ2v) is 14.0. The molecule has 52 heavy (non-hydrogen) atoms. The number of pyridine rings is 2. The van der Waals surface area contributed by atoms with Crippen LogP contribution in [0.2, 0.25) is 0 Å². The summed E-state index contributed by atoms with van der Waals surface area (Å²) in [4.78, 5) is 34.1. The van der Waals surface area contributed by atoms with Crippen LogP contribution in [0.15, 0.2) is 71.8 Å². The first-order chi connectivity index (χ1) is 25.3. The number of nitrogens with one attached hydrogen (secondary N) is 3. The number of carbonyl (C=O) groups is 1. The van der Waals surface area contributed by atoms with E-state index in [1.165, 1.54) is 24.3 Å². The molecule has 12 heteroatoms. The van der Waals surface area contributed by atoms with Crippen LogP contribution in [0.3, 0.4) is 0 Å². The van der Waals surface area contributed by atoms with Crippen LogP contribution in [0.1, 0.15) is 86.6 Å². The van der Waals surface area contributed by atoms with Gasteiger partial charge in [0.05, 0.1) is 30.5 Å². The Labute approximate surface area is 303 Å². The first-order valence-corrected chi connectivity index (χ1v) is 18.6. The van der Waals surface area contributed by atoms with E-state index in [1.807, 2.05) is 6.07 Å². The van der Waals surface area contributed by atoms with Crippen molar-refractivity contribution >= 4 is 17.0 Å². The number of amides is 1. The highest BCUT2D eigenvalue weighted by atomic mass is 19.1. The third-order valence-corrected chi connectivity index (χ3v) is 10.2. The number of alkyl carbamates (subject to hydrolysis) is 1. The van der Waals surface area contributed by atoms with Gasteiger partial charge < -0.3 is 35.3 Å². The van der Waals surface area contributed by atoms with E-state index >= 15 is 0 Å². The van der Waals surface area contributed by atoms with Crippen molar-refractivity contribution in [2.75, 3.05) is 39.3 Å². The zero-order valence-electron chi connectivity index (χ0n) is 29.6. The topological polar surface area (TPSA) is 149 Å². The van der Waals surface area contributed by atoms with Crippen molar-refractivity contribution in [3.63, 3.8) is 0 Å². The van der Waals surface area contributed by atoms with Crippen LogP contribution >= 0.6 is 0 Å². The van der Waals surface area contributed by atoms with E-state index in [9.17, 15) is 24.2 Å². The minimum absolute atomic E-state index is 0.0209. The maximum atomic E-state index is 14.2. The highest BCUT2D eigenvalue weighted by molar-refractivity contribution is 5.87. The Kier molecular flexibility index (Phi) is 13.1. The van der Waals surface area contributed by atoms with Crippen molar-refractivity contribution in [3.8, 4) is 11.5 Å². The number of hydrogen-bond donors (Lipinski definition) is 5. The number of aromatic nitrogens is 2. The van der Waals surface area contributed by atoms with E-state index in [-0.39, 0.29) is 23.2 Å². The maximum absolute atomic E-state index is 14.2. The summed E-state index contributed by atoms with van der Waals surface area (Å²) in [5, 5.41) is 27.7. The summed E-state index contributed by atoms with van der Waals surface area (Å²) >= 11 is 0. The second-order valence-electron chi connectivity index (χ2n) is 14.0. The number of aliphatic hydroxyl groups is 1. The number of benzene rings is 2. The van der Waals surface area contributed by atoms with E-state index in [1.54, 1.807) is 36.7 Å². The van der Waals surface area contributed by atoms with Gasteiger partial charge >= 0.3 is 6.09 Å². The number of phenolic OH excluding ortho intramolecular Hbond substituents is 1. The number of carbonyl (C=O) groups excluding carboxylic acids is 1. The largest absolute Gasteiger partial charge is 0.506 e. The van der Waals surface area contributed by atoms with Crippen molar-refractivity contribution in [1.29, 1.82) is 0 Å². The number of halogens is 1. The van der Waals surface area contributed by atoms with Gasteiger partial charge in [-0.2, -0.15) is 0 Å². The van der Waals surface area contributed by atoms with Gasteiger partial charge in [-0.25, -0.2) is 9.18 Å². The van der Waals surface area contributed by atoms with E-state index in [4.69, 9.17) is 9.47 Å². The number of piperidine rings is 3. The summed E-state index contributed by atoms with van der Waals surface area (Å²) in [6.07, 6.45) is 11.4. The van der Waals surface area contributed by atoms with E-state index in [0.717, 1.165) is 84.0 Å². The number of fused-ring (bicyclic) bond motifs is 4. The molecule has 3 atom stereocenters. The molecule has 0 spiro atoms. The Morgan fingerprint density at radius 1 is 0.981 bits per heavy atom. The molecule has 4 aromatic rings. The van der Waals surface area contributed by atoms with Gasteiger partial charge in [0, 0.05) is 36.3 Å². The van der Waals surface area contributed by atoms with Crippen LogP contribution in [0.5, 0.6) is 11.5 Å². The fraction of sp³-hybridized carbons (Fsp3) is 0.475. The maximum Gasteiger partial charge on any atom is 0.408 e. The minimum atomic E-state index is -0.760. The number of H-pyrrole nitrogens is 1. The number of phenols is 1. The number of unbranched alkanes of at least 4 members (excludes halogenated alkanes) is 6. The molecule has 2 aromatic heterocycles. The summed E-state index contributed by atoms with van der Waals surface area (Å²) in [6.45, 7) is 4.58. The average Bonchev–Trinajstić information content (AvgIpc) is 3.15. The molecule has 5 heterocycles. The van der Waals surface area contributed by atoms with Gasteiger partial charge in [0.25, 0.3) is 0 Å². The van der Waals surface area contributed by atoms with Crippen LogP contribution in [0.25, 0.3) is 10.9 Å². The third-order valence-electron chi connectivity index (χ3n) is 10.2. The van der Waals surface area contributed by atoms with Gasteiger partial charge in [0.2, 0.25) is 5.56 Å². The summed E-state index contributed by atoms with van der Waals surface area (Å²) in [5.74, 6) is 0.571. The number of ether oxygens (including phenoxy) is 2. The summed E-state index contributed by atoms with van der Waals surface area (Å²) < 4.78 is 26.2. The fourth-order valence-electron chi connectivity index (χ4n) is 7.38. The van der Waals surface area contributed by atoms with Crippen molar-refractivity contribution in [2.45, 2.75) is 76.0 Å². The van der Waals surface area contributed by atoms with E-state index in [0.29, 0.717) is 52.4 Å². The first kappa shape index (κ1) is 37.2. The van der Waals surface area contributed by atoms with Crippen LogP contribution in [0, 0.1) is 11.7 Å². The lowest BCUT2D eigenvalue weighted by molar-refractivity contribution is -0.0336. The fourth-order valence-corrected chi connectivity index (χ4v) is 7.38. The Morgan fingerprint density at radius 3 is 2.54 bits per heavy atom. The van der Waals surface area contributed by atoms with Crippen LogP contribution in [-0.2, 0) is 4.74 Å². The van der Waals surface area contributed by atoms with E-state index < -0.39 is 18.2 Å². The predicted molar refractivity (Wildman–Crippen MR) is 197 cm³/mol. The molecule has 2 bridgehead atoms. The second kappa shape index (κ2) is 18.3. The van der Waals surface area contributed by atoms with Gasteiger partial charge in [0.1, 0.15) is 23.4 Å². The number of hydrogen-bond acceptors (Lipinski definition) is 9. The molecule has 0 radical (unpaired) electrons. The highest BCUT2D eigenvalue weighted by Crippen LogP contribution is 2.31. The average molecular weight is 716 g/mol. The Bertz CT molecular complexity index is 1830. The molecule has 0 saturated carbocycles. The molecule has 3 unspecified atom stereocenters. The molecular weight excluding hydrogens is 665 g/mol. The molecule has 3 fully saturated rings. The quantitative estimate of drug-likeness (QED) is 0.0770. The van der Waals surface area contributed by atoms with Gasteiger partial charge in [-0.05, 0) is 92.7 Å². The molecule has 1 amide bonds. The molecule has 3 aliphatic rings. The van der Waals surface area contributed by atoms with Gasteiger partial charge in [-0.15, -0.1) is 0 Å². The molecule has 7 rings (SSSR count). The Hall–Kier alpha value is -4.52. The van der Waals surface area contributed by atoms with Crippen LogP contribution < -0.4 is 20.9 Å². The summed E-state index contributed by atoms with van der Waals surface area (Å²) in [7, 11) is 0. The van der Waals surface area contributed by atoms with Gasteiger partial charge in [-0.3, -0.25) is 14.7 Å². The molecule has 0 aliphatic carbocycles. The Morgan fingerprint density at radius 2 is 1.77 bits per heavy atom. The molecule has 3 aliphatic heterocycles. The lowest BCUT2D eigenvalue weighted by atomic mass is 9.86. The summed E-state index contributed by atoms with van der Waals surface area (Å²) in [5.41, 5.74) is 1.97. The van der Waals surface area contributed by atoms with Crippen molar-refractivity contribution in [1.82, 2.24) is 25.5 Å². The zero-order chi connectivity index (χ0) is 36.3. The number of aromatic amines is 1.